The second-order valence-electron chi connectivity index (χ2n) is 6.74. The Kier molecular flexibility index (Phi) is 5.65. The molecule has 2 aromatic heterocycles. The largest absolute Gasteiger partial charge is 0.368 e. The van der Waals surface area contributed by atoms with Crippen LogP contribution in [0.4, 0.5) is 0 Å². The summed E-state index contributed by atoms with van der Waals surface area (Å²) in [6.07, 6.45) is 7.15. The average Bonchev–Trinajstić information content (AvgIpc) is 3.17. The monoisotopic (exact) mass is 332 g/mol. The van der Waals surface area contributed by atoms with Crippen LogP contribution < -0.4 is 0 Å². The summed E-state index contributed by atoms with van der Waals surface area (Å²) in [7, 11) is 4.11. The minimum absolute atomic E-state index is 0.0142. The van der Waals surface area contributed by atoms with Crippen LogP contribution >= 0.6 is 0 Å². The Hall–Kier alpha value is -1.70. The van der Waals surface area contributed by atoms with Crippen molar-refractivity contribution >= 4 is 0 Å². The van der Waals surface area contributed by atoms with E-state index in [1.54, 1.807) is 0 Å². The first-order chi connectivity index (χ1) is 11.6. The van der Waals surface area contributed by atoms with Crippen LogP contribution in [-0.2, 0) is 24.4 Å². The molecule has 0 spiro atoms. The highest BCUT2D eigenvalue weighted by atomic mass is 16.5. The second kappa shape index (κ2) is 7.92. The number of aromatic nitrogens is 4. The van der Waals surface area contributed by atoms with Crippen molar-refractivity contribution in [3.05, 3.63) is 35.7 Å². The number of H-pyrrole nitrogens is 1. The summed E-state index contributed by atoms with van der Waals surface area (Å²) in [5.74, 6) is 0.929. The number of nitrogens with one attached hydrogen (secondary N) is 1. The summed E-state index contributed by atoms with van der Waals surface area (Å²) in [4.78, 5) is 12.4. The van der Waals surface area contributed by atoms with E-state index in [1.165, 1.54) is 5.56 Å². The fourth-order valence-electron chi connectivity index (χ4n) is 3.07. The van der Waals surface area contributed by atoms with Crippen LogP contribution in [-0.4, -0.2) is 63.3 Å². The molecule has 0 aliphatic carbocycles. The summed E-state index contributed by atoms with van der Waals surface area (Å²) in [5, 5.41) is 4.42. The first-order valence-electron chi connectivity index (χ1n) is 8.68. The second-order valence-corrected chi connectivity index (χ2v) is 6.74. The lowest BCUT2D eigenvalue weighted by atomic mass is 10.2. The Labute approximate surface area is 143 Å². The molecule has 0 unspecified atom stereocenters. The van der Waals surface area contributed by atoms with Crippen LogP contribution in [0.3, 0.4) is 0 Å². The van der Waals surface area contributed by atoms with Gasteiger partial charge in [0.2, 0.25) is 0 Å². The van der Waals surface area contributed by atoms with Crippen molar-refractivity contribution in [2.24, 2.45) is 0 Å². The van der Waals surface area contributed by atoms with E-state index in [9.17, 15) is 0 Å². The zero-order valence-corrected chi connectivity index (χ0v) is 14.9. The number of rotatable bonds is 7. The van der Waals surface area contributed by atoms with Gasteiger partial charge in [-0.2, -0.15) is 5.10 Å². The maximum Gasteiger partial charge on any atom is 0.136 e. The van der Waals surface area contributed by atoms with Crippen LogP contribution in [0.2, 0.25) is 0 Å². The quantitative estimate of drug-likeness (QED) is 0.835. The number of hydrogen-bond acceptors (Lipinski definition) is 5. The van der Waals surface area contributed by atoms with Crippen molar-refractivity contribution in [1.82, 2.24) is 29.5 Å². The first-order valence-corrected chi connectivity index (χ1v) is 8.68. The topological polar surface area (TPSA) is 62.2 Å². The minimum Gasteiger partial charge on any atom is -0.368 e. The van der Waals surface area contributed by atoms with Gasteiger partial charge in [-0.3, -0.25) is 9.58 Å². The van der Waals surface area contributed by atoms with Crippen LogP contribution in [0.15, 0.2) is 18.6 Å². The smallest absolute Gasteiger partial charge is 0.136 e. The zero-order valence-electron chi connectivity index (χ0n) is 14.9. The molecule has 3 rings (SSSR count). The number of morpholine rings is 1. The van der Waals surface area contributed by atoms with Crippen LogP contribution in [0.1, 0.15) is 36.5 Å². The molecule has 3 heterocycles. The highest BCUT2D eigenvalue weighted by Gasteiger charge is 2.24. The third-order valence-electron chi connectivity index (χ3n) is 4.14. The van der Waals surface area contributed by atoms with Gasteiger partial charge in [-0.1, -0.05) is 6.92 Å². The van der Waals surface area contributed by atoms with Gasteiger partial charge in [0.05, 0.1) is 12.8 Å². The summed E-state index contributed by atoms with van der Waals surface area (Å²) in [6, 6.07) is 0. The van der Waals surface area contributed by atoms with Crippen LogP contribution in [0.5, 0.6) is 0 Å². The first kappa shape index (κ1) is 17.1. The number of hydrogen-bond donors (Lipinski definition) is 1. The Morgan fingerprint density at radius 1 is 1.38 bits per heavy atom. The fraction of sp³-hybridized carbons (Fsp3) is 0.647. The molecule has 0 aromatic carbocycles. The number of aryl methyl sites for hydroxylation is 1. The molecule has 0 amide bonds. The average molecular weight is 332 g/mol. The fourth-order valence-corrected chi connectivity index (χ4v) is 3.07. The van der Waals surface area contributed by atoms with E-state index >= 15 is 0 Å². The molecule has 1 saturated heterocycles. The Morgan fingerprint density at radius 2 is 2.25 bits per heavy atom. The lowest BCUT2D eigenvalue weighted by Crippen LogP contribution is -2.38. The number of ether oxygens (including phenoxy) is 1. The lowest BCUT2D eigenvalue weighted by molar-refractivity contribution is -0.0369. The standard InChI is InChI=1S/C17H28N6O/c1-4-5-23-11-14(8-19-23)10-22-6-7-24-16(13-22)17-18-9-15(20-17)12-21(2)3/h8-9,11,16H,4-7,10,12-13H2,1-3H3,(H,18,20)/t16-/m0/s1. The summed E-state index contributed by atoms with van der Waals surface area (Å²) >= 11 is 0. The van der Waals surface area contributed by atoms with E-state index in [-0.39, 0.29) is 6.10 Å². The minimum atomic E-state index is 0.0142. The van der Waals surface area contributed by atoms with E-state index in [0.717, 1.165) is 57.3 Å². The van der Waals surface area contributed by atoms with Gasteiger partial charge in [0.25, 0.3) is 0 Å². The predicted octanol–water partition coefficient (Wildman–Crippen LogP) is 1.65. The van der Waals surface area contributed by atoms with Gasteiger partial charge in [0, 0.05) is 56.4 Å². The maximum atomic E-state index is 5.92. The van der Waals surface area contributed by atoms with Crippen molar-refractivity contribution in [3.8, 4) is 0 Å². The molecule has 2 aromatic rings. The predicted molar refractivity (Wildman–Crippen MR) is 92.5 cm³/mol. The van der Waals surface area contributed by atoms with Crippen molar-refractivity contribution in [3.63, 3.8) is 0 Å². The Morgan fingerprint density at radius 3 is 3.04 bits per heavy atom. The third-order valence-corrected chi connectivity index (χ3v) is 4.14. The molecule has 1 aliphatic heterocycles. The zero-order chi connectivity index (χ0) is 16.9. The highest BCUT2D eigenvalue weighted by molar-refractivity contribution is 5.07. The molecular weight excluding hydrogens is 304 g/mol. The summed E-state index contributed by atoms with van der Waals surface area (Å²) in [6.45, 7) is 7.45. The molecule has 7 heteroatoms. The van der Waals surface area contributed by atoms with Gasteiger partial charge in [-0.15, -0.1) is 0 Å². The third kappa shape index (κ3) is 4.43. The van der Waals surface area contributed by atoms with E-state index in [1.807, 2.05) is 17.1 Å². The summed E-state index contributed by atoms with van der Waals surface area (Å²) in [5.41, 5.74) is 2.38. The van der Waals surface area contributed by atoms with Crippen molar-refractivity contribution in [2.75, 3.05) is 33.8 Å². The van der Waals surface area contributed by atoms with Crippen LogP contribution in [0, 0.1) is 0 Å². The molecule has 0 bridgehead atoms. The van der Waals surface area contributed by atoms with Crippen molar-refractivity contribution in [1.29, 1.82) is 0 Å². The SMILES string of the molecule is CCCn1cc(CN2CCO[C@H](c3ncc(CN(C)C)[nH]3)C2)cn1. The van der Waals surface area contributed by atoms with E-state index < -0.39 is 0 Å². The molecule has 0 saturated carbocycles. The van der Waals surface area contributed by atoms with Gasteiger partial charge < -0.3 is 14.6 Å². The van der Waals surface area contributed by atoms with E-state index in [2.05, 4.69) is 52.1 Å². The highest BCUT2D eigenvalue weighted by Crippen LogP contribution is 2.21. The lowest BCUT2D eigenvalue weighted by Gasteiger charge is -2.31. The van der Waals surface area contributed by atoms with Crippen molar-refractivity contribution < 1.29 is 4.74 Å². The van der Waals surface area contributed by atoms with Crippen LogP contribution in [0.25, 0.3) is 0 Å². The van der Waals surface area contributed by atoms with Gasteiger partial charge >= 0.3 is 0 Å². The molecule has 132 valence electrons. The molecule has 1 fully saturated rings. The summed E-state index contributed by atoms with van der Waals surface area (Å²) < 4.78 is 7.95. The van der Waals surface area contributed by atoms with Crippen molar-refractivity contribution in [2.45, 2.75) is 39.1 Å². The number of nitrogens with zero attached hydrogens (tertiary/aromatic N) is 5. The van der Waals surface area contributed by atoms with E-state index in [4.69, 9.17) is 4.74 Å². The molecule has 0 radical (unpaired) electrons. The van der Waals surface area contributed by atoms with Gasteiger partial charge in [0.15, 0.2) is 0 Å². The van der Waals surface area contributed by atoms with Gasteiger partial charge in [0.1, 0.15) is 11.9 Å². The molecule has 1 aliphatic rings. The molecule has 1 atom stereocenters. The van der Waals surface area contributed by atoms with Gasteiger partial charge in [-0.05, 0) is 20.5 Å². The van der Waals surface area contributed by atoms with E-state index in [0.29, 0.717) is 0 Å². The molecule has 24 heavy (non-hydrogen) atoms. The van der Waals surface area contributed by atoms with Gasteiger partial charge in [-0.25, -0.2) is 4.98 Å². The Bertz CT molecular complexity index is 635. The normalized spacial score (nSPS) is 19.2. The molecule has 7 nitrogen and oxygen atoms in total. The maximum absolute atomic E-state index is 5.92. The molecule has 1 N–H and O–H groups in total. The Balaban J connectivity index is 1.58. The number of aromatic amines is 1. The number of imidazole rings is 1. The molecular formula is C17H28N6O.